The minimum atomic E-state index is -3.71. The Morgan fingerprint density at radius 1 is 1.24 bits per heavy atom. The molecule has 7 nitrogen and oxygen atoms in total. The third kappa shape index (κ3) is 4.46. The number of nitrogens with zero attached hydrogens (tertiary/aromatic N) is 2. The van der Waals surface area contributed by atoms with Gasteiger partial charge >= 0.3 is 6.29 Å². The molecule has 0 bridgehead atoms. The Kier molecular flexibility index (Phi) is 5.91. The molecule has 6 rings (SSSR count). The second-order valence-corrected chi connectivity index (χ2v) is 11.1. The summed E-state index contributed by atoms with van der Waals surface area (Å²) in [6.07, 6.45) is -2.28. The van der Waals surface area contributed by atoms with Crippen LogP contribution < -0.4 is 14.8 Å². The number of amides is 1. The Hall–Kier alpha value is -2.79. The number of ether oxygens (including phenoxy) is 2. The van der Waals surface area contributed by atoms with Gasteiger partial charge in [0.05, 0.1) is 28.1 Å². The van der Waals surface area contributed by atoms with Gasteiger partial charge in [0.1, 0.15) is 0 Å². The van der Waals surface area contributed by atoms with E-state index in [1.165, 1.54) is 23.5 Å². The first-order valence-corrected chi connectivity index (χ1v) is 13.2. The number of halogens is 3. The minimum absolute atomic E-state index is 0.0530. The van der Waals surface area contributed by atoms with Gasteiger partial charge < -0.3 is 19.9 Å². The number of aliphatic hydroxyl groups excluding tert-OH is 1. The van der Waals surface area contributed by atoms with Crippen LogP contribution in [0.15, 0.2) is 42.5 Å². The van der Waals surface area contributed by atoms with Gasteiger partial charge in [0.25, 0.3) is 0 Å². The molecule has 0 radical (unpaired) electrons. The number of carbonyl (C=O) groups is 1. The zero-order valence-electron chi connectivity index (χ0n) is 19.8. The lowest BCUT2D eigenvalue weighted by Gasteiger charge is -2.28. The molecule has 2 N–H and O–H groups in total. The zero-order chi connectivity index (χ0) is 25.9. The monoisotopic (exact) mass is 547 g/mol. The summed E-state index contributed by atoms with van der Waals surface area (Å²) in [7, 11) is 0. The van der Waals surface area contributed by atoms with E-state index >= 15 is 0 Å². The number of nitrogens with one attached hydrogen (secondary N) is 1. The van der Waals surface area contributed by atoms with E-state index in [9.17, 15) is 18.7 Å². The molecule has 2 fully saturated rings. The summed E-state index contributed by atoms with van der Waals surface area (Å²) < 4.78 is 36.0. The third-order valence-corrected chi connectivity index (χ3v) is 8.67. The normalized spacial score (nSPS) is 22.1. The van der Waals surface area contributed by atoms with E-state index in [0.717, 1.165) is 16.1 Å². The molecule has 11 heteroatoms. The molecule has 1 aliphatic carbocycles. The Balaban J connectivity index is 1.27. The highest BCUT2D eigenvalue weighted by Gasteiger charge is 2.53. The summed E-state index contributed by atoms with van der Waals surface area (Å²) in [4.78, 5) is 21.2. The van der Waals surface area contributed by atoms with Gasteiger partial charge in [-0.15, -0.1) is 8.78 Å². The lowest BCUT2D eigenvalue weighted by atomic mass is 9.94. The van der Waals surface area contributed by atoms with E-state index < -0.39 is 17.8 Å². The van der Waals surface area contributed by atoms with Crippen LogP contribution in [0.4, 0.5) is 13.9 Å². The molecular weight excluding hydrogens is 524 g/mol. The standard InChI is InChI=1S/C26H24ClF2N3O4S/c1-14-22(21(32-11-8-16(33)13-32)17-4-2-3-5-18(17)27)37-24(30-14)31-23(34)25(9-10-25)15-6-7-19-20(12-15)36-26(28,29)35-19/h2-7,12,16,21,33H,8-11,13H2,1H3,(H,30,31,34)/t16-,21-/m0/s1. The summed E-state index contributed by atoms with van der Waals surface area (Å²) in [6.45, 7) is 3.12. The average Bonchev–Trinajstić information content (AvgIpc) is 3.29. The van der Waals surface area contributed by atoms with Crippen molar-refractivity contribution in [3.63, 3.8) is 0 Å². The van der Waals surface area contributed by atoms with Crippen LogP contribution in [0.1, 0.15) is 47.0 Å². The van der Waals surface area contributed by atoms with Crippen molar-refractivity contribution < 1.29 is 28.2 Å². The summed E-state index contributed by atoms with van der Waals surface area (Å²) in [5, 5.41) is 14.2. The predicted octanol–water partition coefficient (Wildman–Crippen LogP) is 5.25. The molecule has 194 valence electrons. The van der Waals surface area contributed by atoms with Gasteiger partial charge in [-0.2, -0.15) is 0 Å². The highest BCUT2D eigenvalue weighted by molar-refractivity contribution is 7.16. The zero-order valence-corrected chi connectivity index (χ0v) is 21.4. The number of likely N-dealkylation sites (tertiary alicyclic amines) is 1. The summed E-state index contributed by atoms with van der Waals surface area (Å²) in [6, 6.07) is 11.9. The Morgan fingerprint density at radius 3 is 2.70 bits per heavy atom. The van der Waals surface area contributed by atoms with Crippen LogP contribution in [-0.4, -0.2) is 46.4 Å². The van der Waals surface area contributed by atoms with E-state index in [1.54, 1.807) is 6.07 Å². The first-order chi connectivity index (χ1) is 17.6. The van der Waals surface area contributed by atoms with Crippen molar-refractivity contribution in [1.82, 2.24) is 9.88 Å². The number of carbonyl (C=O) groups excluding carboxylic acids is 1. The van der Waals surface area contributed by atoms with E-state index in [4.69, 9.17) is 11.6 Å². The number of hydrogen-bond donors (Lipinski definition) is 2. The van der Waals surface area contributed by atoms with Gasteiger partial charge in [0, 0.05) is 18.1 Å². The maximum atomic E-state index is 13.5. The van der Waals surface area contributed by atoms with Crippen molar-refractivity contribution in [1.29, 1.82) is 0 Å². The number of aromatic nitrogens is 1. The van der Waals surface area contributed by atoms with Gasteiger partial charge in [0.2, 0.25) is 5.91 Å². The molecule has 3 heterocycles. The fourth-order valence-corrected chi connectivity index (χ4v) is 6.51. The van der Waals surface area contributed by atoms with E-state index in [1.807, 2.05) is 31.2 Å². The maximum absolute atomic E-state index is 13.5. The lowest BCUT2D eigenvalue weighted by molar-refractivity contribution is -0.286. The van der Waals surface area contributed by atoms with Crippen LogP contribution in [-0.2, 0) is 10.2 Å². The van der Waals surface area contributed by atoms with Crippen LogP contribution in [0.5, 0.6) is 11.5 Å². The van der Waals surface area contributed by atoms with E-state index in [-0.39, 0.29) is 23.4 Å². The SMILES string of the molecule is Cc1nc(NC(=O)C2(c3ccc4c(c3)OC(F)(F)O4)CC2)sc1[C@H](c1ccccc1Cl)N1CC[C@H](O)C1. The number of β-amino-alcohol motifs (C(OH)–C–C–N with tert-alkyl or cyclic N) is 1. The minimum Gasteiger partial charge on any atom is -0.395 e. The molecule has 1 amide bonds. The molecule has 2 aromatic carbocycles. The van der Waals surface area contributed by atoms with Crippen LogP contribution in [0.2, 0.25) is 5.02 Å². The molecule has 3 aromatic rings. The number of aryl methyl sites for hydroxylation is 1. The van der Waals surface area contributed by atoms with Crippen LogP contribution >= 0.6 is 22.9 Å². The van der Waals surface area contributed by atoms with E-state index in [2.05, 4.69) is 24.7 Å². The second kappa shape index (κ2) is 8.90. The fraction of sp³-hybridized carbons (Fsp3) is 0.385. The van der Waals surface area contributed by atoms with Crippen LogP contribution in [0.3, 0.4) is 0 Å². The van der Waals surface area contributed by atoms with Crippen molar-refractivity contribution in [2.75, 3.05) is 18.4 Å². The third-order valence-electron chi connectivity index (χ3n) is 7.20. The number of thiazole rings is 1. The van der Waals surface area contributed by atoms with Gasteiger partial charge in [-0.05, 0) is 55.5 Å². The predicted molar refractivity (Wildman–Crippen MR) is 135 cm³/mol. The number of hydrogen-bond acceptors (Lipinski definition) is 7. The van der Waals surface area contributed by atoms with Crippen molar-refractivity contribution in [3.05, 3.63) is 69.2 Å². The fourth-order valence-electron chi connectivity index (χ4n) is 5.15. The summed E-state index contributed by atoms with van der Waals surface area (Å²) in [5.41, 5.74) is 1.44. The highest BCUT2D eigenvalue weighted by atomic mass is 35.5. The first kappa shape index (κ1) is 24.5. The number of anilines is 1. The van der Waals surface area contributed by atoms with Crippen molar-refractivity contribution in [3.8, 4) is 11.5 Å². The largest absolute Gasteiger partial charge is 0.586 e. The van der Waals surface area contributed by atoms with Gasteiger partial charge in [0.15, 0.2) is 16.6 Å². The van der Waals surface area contributed by atoms with Crippen molar-refractivity contribution in [2.45, 2.75) is 50.0 Å². The van der Waals surface area contributed by atoms with Crippen LogP contribution in [0.25, 0.3) is 0 Å². The average molecular weight is 548 g/mol. The summed E-state index contributed by atoms with van der Waals surface area (Å²) >= 11 is 7.96. The molecule has 2 aliphatic heterocycles. The maximum Gasteiger partial charge on any atom is 0.586 e. The molecule has 37 heavy (non-hydrogen) atoms. The molecule has 1 saturated heterocycles. The number of benzene rings is 2. The second-order valence-electron chi connectivity index (χ2n) is 9.70. The Bertz CT molecular complexity index is 1380. The molecule has 1 saturated carbocycles. The van der Waals surface area contributed by atoms with Gasteiger partial charge in [-0.25, -0.2) is 4.98 Å². The number of alkyl halides is 2. The number of rotatable bonds is 6. The molecule has 0 unspecified atom stereocenters. The topological polar surface area (TPSA) is 83.9 Å². The molecule has 1 aromatic heterocycles. The number of fused-ring (bicyclic) bond motifs is 1. The lowest BCUT2D eigenvalue weighted by Crippen LogP contribution is -2.28. The van der Waals surface area contributed by atoms with Gasteiger partial charge in [-0.1, -0.05) is 47.2 Å². The molecule has 0 spiro atoms. The van der Waals surface area contributed by atoms with Crippen molar-refractivity contribution >= 4 is 34.0 Å². The van der Waals surface area contributed by atoms with E-state index in [0.29, 0.717) is 48.1 Å². The van der Waals surface area contributed by atoms with Crippen LogP contribution in [0, 0.1) is 6.92 Å². The Morgan fingerprint density at radius 2 is 2.00 bits per heavy atom. The first-order valence-electron chi connectivity index (χ1n) is 12.0. The molecule has 2 atom stereocenters. The quantitative estimate of drug-likeness (QED) is 0.438. The smallest absolute Gasteiger partial charge is 0.395 e. The van der Waals surface area contributed by atoms with Gasteiger partial charge in [-0.3, -0.25) is 9.69 Å². The Labute approximate surface area is 221 Å². The molecular formula is C26H24ClF2N3O4S. The number of aliphatic hydroxyl groups is 1. The van der Waals surface area contributed by atoms with Crippen molar-refractivity contribution in [2.24, 2.45) is 0 Å². The highest BCUT2D eigenvalue weighted by Crippen LogP contribution is 2.52. The molecule has 3 aliphatic rings. The summed E-state index contributed by atoms with van der Waals surface area (Å²) in [5.74, 6) is -0.378.